The summed E-state index contributed by atoms with van der Waals surface area (Å²) < 4.78 is 0. The SMILES string of the molecule is CC(C)(N)C(=O)N1CCN(c2nnc(-c3ccc(CCC(=O)O)cc3)c3ccccc23)CC1. The molecule has 1 saturated heterocycles. The van der Waals surface area contributed by atoms with E-state index in [1.807, 2.05) is 53.4 Å². The second-order valence-electron chi connectivity index (χ2n) is 9.01. The Bertz CT molecular complexity index is 1160. The van der Waals surface area contributed by atoms with Crippen molar-refractivity contribution >= 4 is 28.5 Å². The molecule has 1 aliphatic heterocycles. The lowest BCUT2D eigenvalue weighted by Crippen LogP contribution is -2.57. The first-order chi connectivity index (χ1) is 15.7. The fourth-order valence-corrected chi connectivity index (χ4v) is 4.15. The number of carboxylic acid groups (broad SMARTS) is 1. The molecular weight excluding hydrogens is 418 g/mol. The maximum Gasteiger partial charge on any atom is 0.303 e. The van der Waals surface area contributed by atoms with Crippen molar-refractivity contribution in [2.45, 2.75) is 32.2 Å². The fourth-order valence-electron chi connectivity index (χ4n) is 4.15. The molecule has 0 spiro atoms. The van der Waals surface area contributed by atoms with E-state index in [9.17, 15) is 9.59 Å². The molecule has 1 fully saturated rings. The minimum atomic E-state index is -0.876. The van der Waals surface area contributed by atoms with E-state index in [1.54, 1.807) is 13.8 Å². The number of fused-ring (bicyclic) bond motifs is 1. The summed E-state index contributed by atoms with van der Waals surface area (Å²) >= 11 is 0. The Labute approximate surface area is 193 Å². The smallest absolute Gasteiger partial charge is 0.303 e. The van der Waals surface area contributed by atoms with Crippen LogP contribution >= 0.6 is 0 Å². The van der Waals surface area contributed by atoms with Crippen molar-refractivity contribution in [3.8, 4) is 11.3 Å². The number of anilines is 1. The van der Waals surface area contributed by atoms with Crippen LogP contribution in [-0.2, 0) is 16.0 Å². The van der Waals surface area contributed by atoms with Gasteiger partial charge in [0.1, 0.15) is 5.69 Å². The van der Waals surface area contributed by atoms with Crippen LogP contribution in [0.1, 0.15) is 25.8 Å². The molecule has 0 unspecified atom stereocenters. The lowest BCUT2D eigenvalue weighted by molar-refractivity contribution is -0.137. The third kappa shape index (κ3) is 4.96. The highest BCUT2D eigenvalue weighted by Gasteiger charge is 2.31. The Balaban J connectivity index is 1.58. The Morgan fingerprint density at radius 2 is 1.61 bits per heavy atom. The summed E-state index contributed by atoms with van der Waals surface area (Å²) in [6, 6.07) is 15.9. The molecule has 8 nitrogen and oxygen atoms in total. The van der Waals surface area contributed by atoms with Gasteiger partial charge in [0.15, 0.2) is 5.82 Å². The zero-order valence-corrected chi connectivity index (χ0v) is 19.0. The van der Waals surface area contributed by atoms with Crippen LogP contribution in [0.15, 0.2) is 48.5 Å². The van der Waals surface area contributed by atoms with Gasteiger partial charge in [-0.25, -0.2) is 0 Å². The Morgan fingerprint density at radius 3 is 2.21 bits per heavy atom. The van der Waals surface area contributed by atoms with Crippen LogP contribution in [0.2, 0.25) is 0 Å². The average molecular weight is 448 g/mol. The maximum absolute atomic E-state index is 12.5. The number of carboxylic acids is 1. The van der Waals surface area contributed by atoms with Crippen molar-refractivity contribution in [3.63, 3.8) is 0 Å². The number of carbonyl (C=O) groups is 2. The average Bonchev–Trinajstić information content (AvgIpc) is 2.81. The van der Waals surface area contributed by atoms with Gasteiger partial charge in [-0.1, -0.05) is 48.5 Å². The molecule has 33 heavy (non-hydrogen) atoms. The van der Waals surface area contributed by atoms with E-state index < -0.39 is 11.5 Å². The van der Waals surface area contributed by atoms with Gasteiger partial charge in [0.05, 0.1) is 5.54 Å². The first-order valence-corrected chi connectivity index (χ1v) is 11.1. The van der Waals surface area contributed by atoms with Gasteiger partial charge in [-0.05, 0) is 25.8 Å². The Hall–Kier alpha value is -3.52. The molecule has 4 rings (SSSR count). The Kier molecular flexibility index (Phi) is 6.29. The van der Waals surface area contributed by atoms with Crippen LogP contribution in [0, 0.1) is 0 Å². The zero-order valence-electron chi connectivity index (χ0n) is 19.0. The first-order valence-electron chi connectivity index (χ1n) is 11.1. The zero-order chi connectivity index (χ0) is 23.6. The van der Waals surface area contributed by atoms with Gasteiger partial charge in [0.25, 0.3) is 0 Å². The Morgan fingerprint density at radius 1 is 0.970 bits per heavy atom. The highest BCUT2D eigenvalue weighted by atomic mass is 16.4. The van der Waals surface area contributed by atoms with Crippen molar-refractivity contribution < 1.29 is 14.7 Å². The van der Waals surface area contributed by atoms with Crippen LogP contribution in [0.25, 0.3) is 22.0 Å². The predicted molar refractivity (Wildman–Crippen MR) is 128 cm³/mol. The van der Waals surface area contributed by atoms with Gasteiger partial charge in [-0.15, -0.1) is 10.2 Å². The van der Waals surface area contributed by atoms with Crippen LogP contribution in [0.3, 0.4) is 0 Å². The summed E-state index contributed by atoms with van der Waals surface area (Å²) in [7, 11) is 0. The molecule has 0 saturated carbocycles. The van der Waals surface area contributed by atoms with E-state index in [4.69, 9.17) is 10.8 Å². The maximum atomic E-state index is 12.5. The molecule has 3 aromatic rings. The summed E-state index contributed by atoms with van der Waals surface area (Å²) in [5, 5.41) is 20.0. The molecule has 3 N–H and O–H groups in total. The number of nitrogens with two attached hydrogens (primary N) is 1. The second kappa shape index (κ2) is 9.15. The molecule has 0 radical (unpaired) electrons. The monoisotopic (exact) mass is 447 g/mol. The number of aliphatic carboxylic acids is 1. The molecular formula is C25H29N5O3. The number of aryl methyl sites for hydroxylation is 1. The van der Waals surface area contributed by atoms with E-state index in [0.717, 1.165) is 33.4 Å². The van der Waals surface area contributed by atoms with Gasteiger partial charge in [-0.2, -0.15) is 0 Å². The van der Waals surface area contributed by atoms with E-state index in [0.29, 0.717) is 32.6 Å². The van der Waals surface area contributed by atoms with Crippen molar-refractivity contribution in [2.75, 3.05) is 31.1 Å². The second-order valence-corrected chi connectivity index (χ2v) is 9.01. The molecule has 0 atom stereocenters. The summed E-state index contributed by atoms with van der Waals surface area (Å²) in [6.07, 6.45) is 0.606. The molecule has 2 heterocycles. The van der Waals surface area contributed by atoms with Gasteiger partial charge < -0.3 is 20.6 Å². The number of hydrogen-bond donors (Lipinski definition) is 2. The standard InChI is InChI=1S/C25H29N5O3/c1-25(2,26)24(33)30-15-13-29(14-16-30)23-20-6-4-3-5-19(20)22(27-28-23)18-10-7-17(8-11-18)9-12-21(31)32/h3-8,10-11H,9,12-16,26H2,1-2H3,(H,31,32). The third-order valence-corrected chi connectivity index (χ3v) is 5.94. The number of piperazine rings is 1. The topological polar surface area (TPSA) is 113 Å². The normalized spacial score (nSPS) is 14.5. The number of carbonyl (C=O) groups excluding carboxylic acids is 1. The molecule has 0 aliphatic carbocycles. The quantitative estimate of drug-likeness (QED) is 0.597. The number of nitrogens with zero attached hydrogens (tertiary/aromatic N) is 4. The largest absolute Gasteiger partial charge is 0.481 e. The predicted octanol–water partition coefficient (Wildman–Crippen LogP) is 2.70. The molecule has 2 aromatic carbocycles. The highest BCUT2D eigenvalue weighted by molar-refractivity contribution is 6.00. The third-order valence-electron chi connectivity index (χ3n) is 5.94. The lowest BCUT2D eigenvalue weighted by Gasteiger charge is -2.38. The lowest BCUT2D eigenvalue weighted by atomic mass is 10.0. The van der Waals surface area contributed by atoms with E-state index in [1.165, 1.54) is 0 Å². The van der Waals surface area contributed by atoms with E-state index in [2.05, 4.69) is 15.1 Å². The van der Waals surface area contributed by atoms with Crippen molar-refractivity contribution in [1.82, 2.24) is 15.1 Å². The summed E-state index contributed by atoms with van der Waals surface area (Å²) in [5.41, 5.74) is 7.81. The fraction of sp³-hybridized carbons (Fsp3) is 0.360. The van der Waals surface area contributed by atoms with Gasteiger partial charge in [0, 0.05) is 48.9 Å². The van der Waals surface area contributed by atoms with Gasteiger partial charge in [-0.3, -0.25) is 9.59 Å². The number of hydrogen-bond acceptors (Lipinski definition) is 6. The molecule has 0 bridgehead atoms. The van der Waals surface area contributed by atoms with Crippen molar-refractivity contribution in [3.05, 3.63) is 54.1 Å². The summed E-state index contributed by atoms with van der Waals surface area (Å²) in [4.78, 5) is 27.3. The van der Waals surface area contributed by atoms with E-state index >= 15 is 0 Å². The first kappa shape index (κ1) is 22.7. The van der Waals surface area contributed by atoms with Crippen molar-refractivity contribution in [2.24, 2.45) is 5.73 Å². The molecule has 1 aromatic heterocycles. The number of rotatable bonds is 6. The molecule has 1 aliphatic rings. The van der Waals surface area contributed by atoms with Crippen LogP contribution in [-0.4, -0.2) is 63.8 Å². The number of benzene rings is 2. The molecule has 8 heteroatoms. The number of amides is 1. The summed E-state index contributed by atoms with van der Waals surface area (Å²) in [6.45, 7) is 5.98. The highest BCUT2D eigenvalue weighted by Crippen LogP contribution is 2.32. The van der Waals surface area contributed by atoms with Crippen LogP contribution in [0.5, 0.6) is 0 Å². The number of aromatic nitrogens is 2. The van der Waals surface area contributed by atoms with Crippen LogP contribution in [0.4, 0.5) is 5.82 Å². The minimum Gasteiger partial charge on any atom is -0.481 e. The van der Waals surface area contributed by atoms with Crippen LogP contribution < -0.4 is 10.6 Å². The minimum absolute atomic E-state index is 0.0414. The van der Waals surface area contributed by atoms with Gasteiger partial charge in [0.2, 0.25) is 5.91 Å². The summed E-state index contributed by atoms with van der Waals surface area (Å²) in [5.74, 6) is -0.0322. The van der Waals surface area contributed by atoms with E-state index in [-0.39, 0.29) is 12.3 Å². The van der Waals surface area contributed by atoms with Gasteiger partial charge >= 0.3 is 5.97 Å². The molecule has 1 amide bonds. The molecule has 172 valence electrons. The van der Waals surface area contributed by atoms with Crippen molar-refractivity contribution in [1.29, 1.82) is 0 Å².